The minimum absolute atomic E-state index is 0.0157. The van der Waals surface area contributed by atoms with Gasteiger partial charge in [-0.2, -0.15) is 0 Å². The van der Waals surface area contributed by atoms with Crippen LogP contribution in [0.25, 0.3) is 0 Å². The highest BCUT2D eigenvalue weighted by molar-refractivity contribution is 5.97. The van der Waals surface area contributed by atoms with Gasteiger partial charge in [-0.1, -0.05) is 55.4 Å². The fraction of sp³-hybridized carbons (Fsp3) is 0.824. The van der Waals surface area contributed by atoms with Crippen LogP contribution in [-0.4, -0.2) is 131 Å². The van der Waals surface area contributed by atoms with Crippen LogP contribution in [-0.2, 0) is 33.5 Å². The first-order valence-electron chi connectivity index (χ1n) is 18.3. The Kier molecular flexibility index (Phi) is 22.0. The van der Waals surface area contributed by atoms with Crippen molar-refractivity contribution in [1.29, 1.82) is 0 Å². The molecule has 0 heterocycles. The van der Waals surface area contributed by atoms with E-state index in [4.69, 9.17) is 44.9 Å². The molecule has 19 nitrogen and oxygen atoms in total. The lowest BCUT2D eigenvalue weighted by molar-refractivity contribution is -0.161. The van der Waals surface area contributed by atoms with Crippen molar-refractivity contribution in [3.05, 3.63) is 0 Å². The van der Waals surface area contributed by atoms with E-state index >= 15 is 0 Å². The highest BCUT2D eigenvalue weighted by atomic mass is 16.6. The maximum Gasteiger partial charge on any atom is 0.324 e. The molecular weight excluding hydrogens is 688 g/mol. The van der Waals surface area contributed by atoms with Crippen LogP contribution in [0.1, 0.15) is 82.1 Å². The van der Waals surface area contributed by atoms with Gasteiger partial charge in [0.25, 0.3) is 0 Å². The standard InChI is InChI=1S/C34H70N12O7/c1-18(2)11-24(40)34(52)53-29(41)28(47)22(9)43(14-36)33(51)27(21(7)8)46(17-39)31(49)25(12-19(3)4)45(16-38)30(48)23(10)44(15-37)32(50)26(20(5)6)42-13-35/h18-27,29,42H,11-17,35-41H2,1-10H3/t22-,23-,24+,25-,26-,27-,29-/m1/s1. The number of rotatable bonds is 24. The molecule has 4 amide bonds. The fourth-order valence-corrected chi connectivity index (χ4v) is 6.09. The molecule has 0 unspecified atom stereocenters. The molecule has 0 aromatic carbocycles. The predicted octanol–water partition coefficient (Wildman–Crippen LogP) is -2.52. The Morgan fingerprint density at radius 3 is 1.43 bits per heavy atom. The third-order valence-electron chi connectivity index (χ3n) is 9.02. The van der Waals surface area contributed by atoms with E-state index < -0.39 is 104 Å². The Morgan fingerprint density at radius 1 is 0.566 bits per heavy atom. The van der Waals surface area contributed by atoms with Crippen LogP contribution >= 0.6 is 0 Å². The fourth-order valence-electron chi connectivity index (χ4n) is 6.09. The molecule has 0 fully saturated rings. The van der Waals surface area contributed by atoms with Crippen LogP contribution in [0, 0.1) is 23.7 Å². The van der Waals surface area contributed by atoms with E-state index in [9.17, 15) is 28.8 Å². The van der Waals surface area contributed by atoms with Crippen LogP contribution in [0.2, 0.25) is 0 Å². The summed E-state index contributed by atoms with van der Waals surface area (Å²) in [4.78, 5) is 86.7. The third kappa shape index (κ3) is 13.8. The molecule has 53 heavy (non-hydrogen) atoms. The number of nitrogens with one attached hydrogen (secondary N) is 1. The SMILES string of the molecule is CC(C)C[C@H](C(=O)N(CN)[C@@H](C(=O)N(CN)[C@H](C)C(=O)[C@H](N)OC(=O)[C@@H](N)CC(C)C)C(C)C)N(CN)C(=O)[C@@H](C)N(CN)C(=O)[C@H](NCN)C(C)C. The lowest BCUT2D eigenvalue weighted by Gasteiger charge is -2.42. The number of nitrogens with zero attached hydrogens (tertiary/aromatic N) is 4. The van der Waals surface area contributed by atoms with Crippen molar-refractivity contribution in [3.8, 4) is 0 Å². The van der Waals surface area contributed by atoms with Gasteiger partial charge in [0.15, 0.2) is 0 Å². The number of Topliss-reactive ketones (excluding diaryl/α,β-unsaturated/α-hetero) is 1. The van der Waals surface area contributed by atoms with Crippen LogP contribution < -0.4 is 45.5 Å². The molecule has 0 radical (unpaired) electrons. The van der Waals surface area contributed by atoms with E-state index in [-0.39, 0.29) is 37.5 Å². The number of carbonyl (C=O) groups excluding carboxylic acids is 6. The van der Waals surface area contributed by atoms with E-state index in [2.05, 4.69) is 5.32 Å². The smallest absolute Gasteiger partial charge is 0.324 e. The normalized spacial score (nSPS) is 15.7. The van der Waals surface area contributed by atoms with Crippen LogP contribution in [0.5, 0.6) is 0 Å². The van der Waals surface area contributed by atoms with E-state index in [0.717, 1.165) is 14.7 Å². The van der Waals surface area contributed by atoms with Crippen LogP contribution in [0.15, 0.2) is 0 Å². The highest BCUT2D eigenvalue weighted by Crippen LogP contribution is 2.22. The second-order valence-corrected chi connectivity index (χ2v) is 14.8. The number of nitrogens with two attached hydrogens (primary N) is 7. The van der Waals surface area contributed by atoms with Crippen molar-refractivity contribution in [2.45, 2.75) is 125 Å². The van der Waals surface area contributed by atoms with Crippen LogP contribution in [0.3, 0.4) is 0 Å². The van der Waals surface area contributed by atoms with Gasteiger partial charge in [0.1, 0.15) is 24.2 Å². The second kappa shape index (κ2) is 23.5. The molecule has 0 saturated heterocycles. The molecule has 0 saturated carbocycles. The molecule has 0 spiro atoms. The Bertz CT molecular complexity index is 1200. The van der Waals surface area contributed by atoms with Crippen molar-refractivity contribution in [2.75, 3.05) is 33.3 Å². The molecule has 19 heteroatoms. The summed E-state index contributed by atoms with van der Waals surface area (Å²) < 4.78 is 5.12. The van der Waals surface area contributed by atoms with Crippen molar-refractivity contribution in [3.63, 3.8) is 0 Å². The summed E-state index contributed by atoms with van der Waals surface area (Å²) in [5, 5.41) is 2.92. The highest BCUT2D eigenvalue weighted by Gasteiger charge is 2.44. The monoisotopic (exact) mass is 759 g/mol. The average molecular weight is 759 g/mol. The molecule has 7 atom stereocenters. The zero-order chi connectivity index (χ0) is 41.5. The third-order valence-corrected chi connectivity index (χ3v) is 9.02. The number of amides is 4. The molecule has 0 aliphatic carbocycles. The molecule has 308 valence electrons. The summed E-state index contributed by atoms with van der Waals surface area (Å²) in [7, 11) is 0. The number of hydrogen-bond acceptors (Lipinski definition) is 15. The number of ketones is 1. The molecule has 0 bridgehead atoms. The first kappa shape index (κ1) is 49.7. The number of carbonyl (C=O) groups is 6. The average Bonchev–Trinajstić information content (AvgIpc) is 3.07. The zero-order valence-corrected chi connectivity index (χ0v) is 33.5. The number of ether oxygens (including phenoxy) is 1. The molecule has 0 aliphatic heterocycles. The van der Waals surface area contributed by atoms with Gasteiger partial charge in [0, 0.05) is 6.67 Å². The van der Waals surface area contributed by atoms with E-state index in [0.29, 0.717) is 6.42 Å². The first-order valence-corrected chi connectivity index (χ1v) is 18.3. The maximum atomic E-state index is 14.5. The lowest BCUT2D eigenvalue weighted by atomic mass is 9.96. The van der Waals surface area contributed by atoms with Gasteiger partial charge in [-0.05, 0) is 50.4 Å². The minimum atomic E-state index is -1.74. The quantitative estimate of drug-likeness (QED) is 0.0372. The molecule has 0 rings (SSSR count). The Hall–Kier alpha value is -3.30. The Balaban J connectivity index is 6.67. The Labute approximate surface area is 315 Å². The molecule has 0 aromatic rings. The van der Waals surface area contributed by atoms with Gasteiger partial charge in [0.2, 0.25) is 35.6 Å². The van der Waals surface area contributed by atoms with E-state index in [1.54, 1.807) is 13.8 Å². The van der Waals surface area contributed by atoms with Gasteiger partial charge < -0.3 is 58.7 Å². The summed E-state index contributed by atoms with van der Waals surface area (Å²) in [5.41, 5.74) is 41.7. The second-order valence-electron chi connectivity index (χ2n) is 14.8. The summed E-state index contributed by atoms with van der Waals surface area (Å²) in [6.07, 6.45) is -1.32. The number of hydrogen-bond donors (Lipinski definition) is 8. The summed E-state index contributed by atoms with van der Waals surface area (Å²) >= 11 is 0. The van der Waals surface area contributed by atoms with Gasteiger partial charge in [-0.3, -0.25) is 39.8 Å². The van der Waals surface area contributed by atoms with Crippen LogP contribution in [0.4, 0.5) is 0 Å². The Morgan fingerprint density at radius 2 is 1.04 bits per heavy atom. The molecular formula is C34H70N12O7. The van der Waals surface area contributed by atoms with E-state index in [1.165, 1.54) is 18.7 Å². The molecule has 0 aliphatic rings. The van der Waals surface area contributed by atoms with E-state index in [1.807, 2.05) is 41.5 Å². The van der Waals surface area contributed by atoms with Crippen molar-refractivity contribution in [2.24, 2.45) is 63.8 Å². The van der Waals surface area contributed by atoms with Gasteiger partial charge in [-0.15, -0.1) is 0 Å². The lowest BCUT2D eigenvalue weighted by Crippen LogP contribution is -2.64. The topological polar surface area (TPSA) is 319 Å². The molecule has 15 N–H and O–H groups in total. The van der Waals surface area contributed by atoms with Crippen molar-refractivity contribution in [1.82, 2.24) is 24.9 Å². The van der Waals surface area contributed by atoms with Crippen molar-refractivity contribution >= 4 is 35.4 Å². The largest absolute Gasteiger partial charge is 0.438 e. The van der Waals surface area contributed by atoms with Gasteiger partial charge >= 0.3 is 5.97 Å². The molecule has 0 aromatic heterocycles. The van der Waals surface area contributed by atoms with Gasteiger partial charge in [0.05, 0.1) is 38.8 Å². The maximum absolute atomic E-state index is 14.5. The number of esters is 1. The predicted molar refractivity (Wildman–Crippen MR) is 202 cm³/mol. The summed E-state index contributed by atoms with van der Waals surface area (Å²) in [5.74, 6) is -5.02. The zero-order valence-electron chi connectivity index (χ0n) is 33.5. The summed E-state index contributed by atoms with van der Waals surface area (Å²) in [6, 6.07) is -6.62. The van der Waals surface area contributed by atoms with Crippen molar-refractivity contribution < 1.29 is 33.5 Å². The first-order chi connectivity index (χ1) is 24.6. The minimum Gasteiger partial charge on any atom is -0.438 e. The summed E-state index contributed by atoms with van der Waals surface area (Å²) in [6.45, 7) is 15.7. The van der Waals surface area contributed by atoms with Gasteiger partial charge in [-0.25, -0.2) is 0 Å².